The maximum Gasteiger partial charge on any atom is 0.254 e. The van der Waals surface area contributed by atoms with Crippen LogP contribution in [0.25, 0.3) is 11.5 Å². The first kappa shape index (κ1) is 17.3. The molecule has 6 nitrogen and oxygen atoms in total. The molecule has 0 spiro atoms. The number of aromatic nitrogens is 2. The number of fused-ring (bicyclic) bond motifs is 1. The van der Waals surface area contributed by atoms with Gasteiger partial charge in [-0.15, -0.1) is 10.2 Å². The summed E-state index contributed by atoms with van der Waals surface area (Å²) in [4.78, 5) is 12.4. The van der Waals surface area contributed by atoms with E-state index in [1.807, 2.05) is 43.3 Å². The van der Waals surface area contributed by atoms with Gasteiger partial charge in [-0.1, -0.05) is 13.0 Å². The summed E-state index contributed by atoms with van der Waals surface area (Å²) < 4.78 is 16.7. The Morgan fingerprint density at radius 3 is 2.67 bits per heavy atom. The van der Waals surface area contributed by atoms with Crippen molar-refractivity contribution in [2.45, 2.75) is 32.8 Å². The first-order valence-corrected chi connectivity index (χ1v) is 8.83. The van der Waals surface area contributed by atoms with Crippen LogP contribution in [0.1, 0.15) is 46.6 Å². The molecule has 1 aliphatic carbocycles. The molecule has 4 rings (SSSR count). The molecule has 0 amide bonds. The van der Waals surface area contributed by atoms with Crippen molar-refractivity contribution in [1.82, 2.24) is 10.2 Å². The molecular weight excluding hydrogens is 344 g/mol. The predicted molar refractivity (Wildman–Crippen MR) is 99.2 cm³/mol. The first-order valence-electron chi connectivity index (χ1n) is 8.83. The number of rotatable bonds is 5. The lowest BCUT2D eigenvalue weighted by molar-refractivity contribution is 0.0986. The van der Waals surface area contributed by atoms with E-state index >= 15 is 0 Å². The number of aryl methyl sites for hydroxylation is 1. The summed E-state index contributed by atoms with van der Waals surface area (Å²) in [5.74, 6) is 2.45. The monoisotopic (exact) mass is 364 g/mol. The lowest BCUT2D eigenvalue weighted by atomic mass is 9.97. The van der Waals surface area contributed by atoms with Crippen LogP contribution in [0, 0.1) is 6.92 Å². The highest BCUT2D eigenvalue weighted by Gasteiger charge is 2.31. The van der Waals surface area contributed by atoms with Gasteiger partial charge in [0.15, 0.2) is 12.4 Å². The van der Waals surface area contributed by atoms with Crippen LogP contribution in [-0.2, 0) is 6.61 Å². The summed E-state index contributed by atoms with van der Waals surface area (Å²) in [5.41, 5.74) is 3.70. The van der Waals surface area contributed by atoms with Gasteiger partial charge in [0.05, 0.1) is 12.7 Å². The Kier molecular flexibility index (Phi) is 4.39. The van der Waals surface area contributed by atoms with E-state index in [1.165, 1.54) is 0 Å². The summed E-state index contributed by atoms with van der Waals surface area (Å²) in [6.45, 7) is 4.21. The van der Waals surface area contributed by atoms with E-state index in [0.717, 1.165) is 22.4 Å². The molecule has 6 heteroatoms. The van der Waals surface area contributed by atoms with Crippen molar-refractivity contribution >= 4 is 5.78 Å². The molecule has 3 aromatic rings. The van der Waals surface area contributed by atoms with Crippen molar-refractivity contribution in [3.05, 3.63) is 59.0 Å². The first-order chi connectivity index (χ1) is 13.1. The van der Waals surface area contributed by atoms with Gasteiger partial charge in [0.2, 0.25) is 5.89 Å². The van der Waals surface area contributed by atoms with E-state index < -0.39 is 0 Å². The highest BCUT2D eigenvalue weighted by atomic mass is 16.5. The van der Waals surface area contributed by atoms with Gasteiger partial charge in [-0.05, 0) is 54.3 Å². The third-order valence-corrected chi connectivity index (χ3v) is 4.84. The number of hydrogen-bond acceptors (Lipinski definition) is 6. The molecule has 0 N–H and O–H groups in total. The number of benzene rings is 2. The van der Waals surface area contributed by atoms with Gasteiger partial charge < -0.3 is 13.9 Å². The van der Waals surface area contributed by atoms with E-state index in [1.54, 1.807) is 7.11 Å². The number of carbonyl (C=O) groups excluding carboxylic acids is 1. The maximum atomic E-state index is 12.4. The van der Waals surface area contributed by atoms with Gasteiger partial charge in [-0.25, -0.2) is 0 Å². The van der Waals surface area contributed by atoms with E-state index in [0.29, 0.717) is 29.5 Å². The van der Waals surface area contributed by atoms with Crippen molar-refractivity contribution in [3.8, 4) is 23.0 Å². The van der Waals surface area contributed by atoms with Gasteiger partial charge in [-0.2, -0.15) is 0 Å². The molecular formula is C21H20N2O4. The topological polar surface area (TPSA) is 74.5 Å². The lowest BCUT2D eigenvalue weighted by Gasteiger charge is -2.12. The number of hydrogen-bond donors (Lipinski definition) is 0. The van der Waals surface area contributed by atoms with Crippen LogP contribution in [0.2, 0.25) is 0 Å². The van der Waals surface area contributed by atoms with Gasteiger partial charge in [0.1, 0.15) is 11.5 Å². The second-order valence-corrected chi connectivity index (χ2v) is 6.72. The van der Waals surface area contributed by atoms with Crippen LogP contribution in [0.15, 0.2) is 40.8 Å². The molecule has 27 heavy (non-hydrogen) atoms. The van der Waals surface area contributed by atoms with Gasteiger partial charge in [0.25, 0.3) is 5.89 Å². The Morgan fingerprint density at radius 1 is 1.15 bits per heavy atom. The van der Waals surface area contributed by atoms with Gasteiger partial charge in [0, 0.05) is 12.0 Å². The van der Waals surface area contributed by atoms with E-state index in [-0.39, 0.29) is 18.3 Å². The van der Waals surface area contributed by atoms with Crippen LogP contribution in [-0.4, -0.2) is 23.1 Å². The SMILES string of the molecule is COc1ccc(-c2nnc(COc3ccc(C)c4c3C(=O)C[C@H]4C)o2)cc1. The predicted octanol–water partition coefficient (Wildman–Crippen LogP) is 4.32. The van der Waals surface area contributed by atoms with Crippen molar-refractivity contribution in [1.29, 1.82) is 0 Å². The molecule has 0 bridgehead atoms. The fraction of sp³-hybridized carbons (Fsp3) is 0.286. The normalized spacial score (nSPS) is 15.7. The standard InChI is InChI=1S/C21H20N2O4/c1-12-4-9-17(20-16(24)10-13(2)19(12)20)26-11-18-22-23-21(27-18)14-5-7-15(25-3)8-6-14/h4-9,13H,10-11H2,1-3H3/t13-/m1/s1. The Hall–Kier alpha value is -3.15. The lowest BCUT2D eigenvalue weighted by Crippen LogP contribution is -2.02. The summed E-state index contributed by atoms with van der Waals surface area (Å²) in [6, 6.07) is 11.2. The molecule has 1 aromatic heterocycles. The molecule has 0 unspecified atom stereocenters. The Bertz CT molecular complexity index is 992. The second kappa shape index (κ2) is 6.87. The van der Waals surface area contributed by atoms with Crippen LogP contribution in [0.5, 0.6) is 11.5 Å². The molecule has 2 aromatic carbocycles. The van der Waals surface area contributed by atoms with Crippen molar-refractivity contribution in [2.75, 3.05) is 7.11 Å². The zero-order chi connectivity index (χ0) is 19.0. The average molecular weight is 364 g/mol. The second-order valence-electron chi connectivity index (χ2n) is 6.72. The summed E-state index contributed by atoms with van der Waals surface area (Å²) in [5, 5.41) is 8.10. The van der Waals surface area contributed by atoms with E-state index in [4.69, 9.17) is 13.9 Å². The fourth-order valence-corrected chi connectivity index (χ4v) is 3.53. The minimum Gasteiger partial charge on any atom is -0.497 e. The molecule has 138 valence electrons. The molecule has 1 heterocycles. The summed E-state index contributed by atoms with van der Waals surface area (Å²) in [6.07, 6.45) is 0.527. The number of ether oxygens (including phenoxy) is 2. The van der Waals surface area contributed by atoms with Crippen LogP contribution < -0.4 is 9.47 Å². The van der Waals surface area contributed by atoms with Crippen LogP contribution in [0.4, 0.5) is 0 Å². The van der Waals surface area contributed by atoms with Crippen molar-refractivity contribution in [3.63, 3.8) is 0 Å². The van der Waals surface area contributed by atoms with E-state index in [2.05, 4.69) is 17.1 Å². The van der Waals surface area contributed by atoms with Crippen molar-refractivity contribution in [2.24, 2.45) is 0 Å². The summed E-state index contributed by atoms with van der Waals surface area (Å²) >= 11 is 0. The molecule has 0 radical (unpaired) electrons. The highest BCUT2D eigenvalue weighted by Crippen LogP contribution is 2.40. The minimum atomic E-state index is 0.111. The minimum absolute atomic E-state index is 0.111. The molecule has 1 aliphatic rings. The average Bonchev–Trinajstić information content (AvgIpc) is 3.26. The van der Waals surface area contributed by atoms with Crippen LogP contribution in [0.3, 0.4) is 0 Å². The highest BCUT2D eigenvalue weighted by molar-refractivity contribution is 6.04. The third-order valence-electron chi connectivity index (χ3n) is 4.84. The zero-order valence-electron chi connectivity index (χ0n) is 15.5. The third kappa shape index (κ3) is 3.18. The Labute approximate surface area is 157 Å². The number of carbonyl (C=O) groups is 1. The molecule has 0 aliphatic heterocycles. The molecule has 0 saturated heterocycles. The number of ketones is 1. The smallest absolute Gasteiger partial charge is 0.254 e. The fourth-order valence-electron chi connectivity index (χ4n) is 3.53. The van der Waals surface area contributed by atoms with Gasteiger partial charge in [-0.3, -0.25) is 4.79 Å². The Morgan fingerprint density at radius 2 is 1.93 bits per heavy atom. The number of nitrogens with zero attached hydrogens (tertiary/aromatic N) is 2. The summed E-state index contributed by atoms with van der Waals surface area (Å²) in [7, 11) is 1.62. The quantitative estimate of drug-likeness (QED) is 0.671. The molecule has 1 atom stereocenters. The largest absolute Gasteiger partial charge is 0.497 e. The van der Waals surface area contributed by atoms with E-state index in [9.17, 15) is 4.79 Å². The molecule has 0 saturated carbocycles. The van der Waals surface area contributed by atoms with Gasteiger partial charge >= 0.3 is 0 Å². The number of methoxy groups -OCH3 is 1. The molecule has 0 fully saturated rings. The zero-order valence-corrected chi connectivity index (χ0v) is 15.5. The number of Topliss-reactive ketones (excluding diaryl/α,β-unsaturated/α-hetero) is 1. The van der Waals surface area contributed by atoms with Crippen LogP contribution >= 0.6 is 0 Å². The Balaban J connectivity index is 1.52. The maximum absolute atomic E-state index is 12.4. The van der Waals surface area contributed by atoms with Crippen molar-refractivity contribution < 1.29 is 18.7 Å².